The number of aryl methyl sites for hydroxylation is 1. The fraction of sp³-hybridized carbons (Fsp3) is 0.442. The Bertz CT molecular complexity index is 4760. The lowest BCUT2D eigenvalue weighted by molar-refractivity contribution is -0.0492. The fourth-order valence-electron chi connectivity index (χ4n) is 14.1. The van der Waals surface area contributed by atoms with Gasteiger partial charge < -0.3 is 50.2 Å². The molecule has 8 heterocycles. The van der Waals surface area contributed by atoms with Gasteiger partial charge in [0, 0.05) is 72.2 Å². The van der Waals surface area contributed by atoms with Gasteiger partial charge in [0.2, 0.25) is 11.8 Å². The number of nitrogens with two attached hydrogens (primary N) is 1. The number of piperidine rings is 2. The number of hydrogen-bond acceptors (Lipinski definition) is 22. The van der Waals surface area contributed by atoms with Gasteiger partial charge in [-0.15, -0.1) is 27.8 Å². The van der Waals surface area contributed by atoms with Crippen molar-refractivity contribution >= 4 is 66.1 Å². The molecule has 10 aromatic rings. The number of fused-ring (bicyclic) bond motifs is 2. The average molecular weight is 1540 g/mol. The van der Waals surface area contributed by atoms with Gasteiger partial charge in [0.25, 0.3) is 0 Å². The number of carbonyl (C=O) groups excluding carboxylic acids is 3. The zero-order chi connectivity index (χ0) is 78.4. The van der Waals surface area contributed by atoms with Gasteiger partial charge in [0.15, 0.2) is 29.8 Å². The number of anilines is 1. The van der Waals surface area contributed by atoms with Crippen LogP contribution in [0.15, 0.2) is 151 Å². The van der Waals surface area contributed by atoms with Crippen LogP contribution in [0.2, 0.25) is 0 Å². The monoisotopic (exact) mass is 1540 g/mol. The minimum absolute atomic E-state index is 0.00138. The van der Waals surface area contributed by atoms with Crippen LogP contribution in [0, 0.1) is 18.8 Å². The molecule has 8 atom stereocenters. The highest BCUT2D eigenvalue weighted by Gasteiger charge is 2.46. The number of nitrogens with zero attached hydrogens (tertiary/aromatic N) is 8. The van der Waals surface area contributed by atoms with Gasteiger partial charge in [-0.2, -0.15) is 4.98 Å². The van der Waals surface area contributed by atoms with E-state index in [0.717, 1.165) is 101 Å². The highest BCUT2D eigenvalue weighted by atomic mass is 32.1. The second-order valence-electron chi connectivity index (χ2n) is 30.4. The molecule has 4 aromatic heterocycles. The Hall–Kier alpha value is -8.92. The van der Waals surface area contributed by atoms with Crippen molar-refractivity contribution in [1.29, 1.82) is 0 Å². The Kier molecular flexibility index (Phi) is 28.2. The maximum atomic E-state index is 13.9. The summed E-state index contributed by atoms with van der Waals surface area (Å²) in [7, 11) is 0. The van der Waals surface area contributed by atoms with E-state index in [0.29, 0.717) is 60.9 Å². The molecule has 0 radical (unpaired) electrons. The molecule has 4 fully saturated rings. The number of nitrogen functional groups attached to an aromatic ring is 1. The molecule has 0 saturated carbocycles. The van der Waals surface area contributed by atoms with Crippen LogP contribution in [0.1, 0.15) is 197 Å². The number of ether oxygens (including phenoxy) is 4. The number of carbonyl (C=O) groups is 3. The molecule has 4 aliphatic rings. The summed E-state index contributed by atoms with van der Waals surface area (Å²) in [6, 6.07) is 43.7. The first-order chi connectivity index (χ1) is 52.8. The maximum Gasteiger partial charge on any atom is 0.354 e. The molecule has 7 N–H and O–H groups in total. The quantitative estimate of drug-likeness (QED) is 0.0324. The summed E-state index contributed by atoms with van der Waals surface area (Å²) in [5.41, 5.74) is 13.3. The Morgan fingerprint density at radius 1 is 0.555 bits per heavy atom. The van der Waals surface area contributed by atoms with Crippen molar-refractivity contribution in [3.63, 3.8) is 0 Å². The standard InChI is InChI=1S/C32H35NO2S.C31H33NO3S.C12H19N3O4.C11H18N4O4/c1-22(2)24-8-10-26(11-9-24)32-30(28-16-7-23(3)21-29(28)36-32)31(34)25-12-14-27(15-13-25)35-20-19-33-17-5-4-6-18-33;1-21(2)24-10-15-27-28(20-24)36-31(23-6-11-25(33)12-7-23)29(27)30(34)22-8-13-26(14-9-22)35-19-18-32-16-4-3-5-17-32;1-6(2)4-8-9(17)10(18)12(19-8)15-5-13-11(14-15)7(3)16;1-5(2)3-6-7(16)8(17)9(19-6)15-4-13-10(12)14-11(15)18/h7-16,21-22H,4-6,17-20H2,1-3H3;6-15,20-21,33H,3-5,16-19H2,1-2H3;5-6,8-10,12,17-18H,4H2,1-3H3;4-9,16-17H,3H2,1-2H3,(H2,12,14,18)/t;;8-,9-,10-,12-;6-,7?,8+,9-/m..11/s1. The zero-order valence-electron chi connectivity index (χ0n) is 64.6. The van der Waals surface area contributed by atoms with Crippen LogP contribution in [0.5, 0.6) is 17.2 Å². The second kappa shape index (κ2) is 37.9. The van der Waals surface area contributed by atoms with Gasteiger partial charge in [-0.3, -0.25) is 28.8 Å². The number of aromatic hydroxyl groups is 1. The molecule has 0 aliphatic carbocycles. The number of aliphatic hydroxyl groups excluding tert-OH is 4. The van der Waals surface area contributed by atoms with Crippen LogP contribution < -0.4 is 20.9 Å². The summed E-state index contributed by atoms with van der Waals surface area (Å²) in [4.78, 5) is 68.4. The minimum atomic E-state index is -1.20. The van der Waals surface area contributed by atoms with Gasteiger partial charge >= 0.3 is 5.69 Å². The third kappa shape index (κ3) is 20.6. The normalized spacial score (nSPS) is 20.2. The largest absolute Gasteiger partial charge is 0.508 e. The summed E-state index contributed by atoms with van der Waals surface area (Å²) in [5.74, 6) is 3.08. The van der Waals surface area contributed by atoms with Crippen molar-refractivity contribution in [3.05, 3.63) is 201 Å². The molecule has 110 heavy (non-hydrogen) atoms. The first-order valence-electron chi connectivity index (χ1n) is 38.4. The summed E-state index contributed by atoms with van der Waals surface area (Å²) in [5, 5.41) is 55.6. The third-order valence-electron chi connectivity index (χ3n) is 20.3. The first-order valence-corrected chi connectivity index (χ1v) is 40.1. The van der Waals surface area contributed by atoms with Gasteiger partial charge in [-0.25, -0.2) is 19.4 Å². The predicted octanol–water partition coefficient (Wildman–Crippen LogP) is 14.6. The lowest BCUT2D eigenvalue weighted by Gasteiger charge is -2.26. The molecule has 0 spiro atoms. The van der Waals surface area contributed by atoms with Crippen LogP contribution in [0.4, 0.5) is 5.95 Å². The molecule has 22 nitrogen and oxygen atoms in total. The number of Topliss-reactive ketones (excluding diaryl/α,β-unsaturated/α-hetero) is 1. The highest BCUT2D eigenvalue weighted by molar-refractivity contribution is 7.23. The van der Waals surface area contributed by atoms with Crippen molar-refractivity contribution in [2.75, 3.05) is 58.2 Å². The van der Waals surface area contributed by atoms with Crippen molar-refractivity contribution in [2.45, 2.75) is 182 Å². The molecule has 14 rings (SSSR count). The molecule has 1 unspecified atom stereocenters. The number of phenols is 1. The van der Waals surface area contributed by atoms with Crippen LogP contribution >= 0.6 is 22.7 Å². The van der Waals surface area contributed by atoms with Crippen LogP contribution in [0.25, 0.3) is 41.1 Å². The number of rotatable bonds is 23. The maximum absolute atomic E-state index is 13.9. The highest BCUT2D eigenvalue weighted by Crippen LogP contribution is 2.44. The number of thiophene rings is 2. The van der Waals surface area contributed by atoms with Crippen molar-refractivity contribution in [3.8, 4) is 38.1 Å². The van der Waals surface area contributed by atoms with E-state index in [9.17, 15) is 44.7 Å². The number of ketones is 3. The molecule has 6 aromatic carbocycles. The van der Waals surface area contributed by atoms with Gasteiger partial charge in [0.1, 0.15) is 67.5 Å². The van der Waals surface area contributed by atoms with E-state index in [4.69, 9.17) is 24.7 Å². The molecule has 4 aliphatic heterocycles. The second-order valence-corrected chi connectivity index (χ2v) is 32.5. The Morgan fingerprint density at radius 2 is 1.01 bits per heavy atom. The number of likely N-dealkylation sites (tertiary alicyclic amines) is 2. The van der Waals surface area contributed by atoms with Gasteiger partial charge in [-0.05, 0) is 208 Å². The summed E-state index contributed by atoms with van der Waals surface area (Å²) >= 11 is 3.34. The number of aliphatic hydroxyl groups is 4. The van der Waals surface area contributed by atoms with E-state index >= 15 is 0 Å². The third-order valence-corrected chi connectivity index (χ3v) is 22.7. The Balaban J connectivity index is 0.000000152. The molecule has 4 saturated heterocycles. The SMILES string of the molecule is CC(=O)c1ncn([C@@H]2O[C@H](CC(C)C)[C@@H](O)[C@H]2O)n1.CC(C)C[C@H]1O[C@@H](n2cnc(N)nc2=O)[C@@H](O)C1O.CC(C)c1ccc2c(C(=O)c3ccc(OCCN4CCCCC4)cc3)c(-c3ccc(O)cc3)sc2c1.Cc1ccc2c(C(=O)c3ccc(OCCN4CCCCC4)cc3)c(-c3ccc(C(C)C)cc3)sc2c1. The summed E-state index contributed by atoms with van der Waals surface area (Å²) < 4.78 is 27.7. The molecular formula is C86H105N9O13S2. The van der Waals surface area contributed by atoms with Crippen molar-refractivity contribution < 1.29 is 58.9 Å². The van der Waals surface area contributed by atoms with E-state index in [2.05, 4.69) is 125 Å². The topological polar surface area (TPSA) is 300 Å². The molecule has 0 amide bonds. The van der Waals surface area contributed by atoms with Crippen LogP contribution in [0.3, 0.4) is 0 Å². The fourth-order valence-corrected chi connectivity index (χ4v) is 16.7. The van der Waals surface area contributed by atoms with Crippen LogP contribution in [-0.2, 0) is 9.47 Å². The minimum Gasteiger partial charge on any atom is -0.508 e. The van der Waals surface area contributed by atoms with Crippen molar-refractivity contribution in [1.82, 2.24) is 39.1 Å². The van der Waals surface area contributed by atoms with Gasteiger partial charge in [-0.1, -0.05) is 117 Å². The Labute approximate surface area is 651 Å². The van der Waals surface area contributed by atoms with E-state index in [1.807, 2.05) is 88.4 Å². The van der Waals surface area contributed by atoms with Gasteiger partial charge in [0.05, 0.1) is 12.2 Å². The van der Waals surface area contributed by atoms with Crippen LogP contribution in [-0.4, -0.2) is 171 Å². The molecule has 24 heteroatoms. The number of hydrogen-bond donors (Lipinski definition) is 6. The van der Waals surface area contributed by atoms with E-state index < -0.39 is 54.8 Å². The predicted molar refractivity (Wildman–Crippen MR) is 432 cm³/mol. The van der Waals surface area contributed by atoms with E-state index in [1.54, 1.807) is 34.8 Å². The lowest BCUT2D eigenvalue weighted by atomic mass is 9.95. The van der Waals surface area contributed by atoms with E-state index in [-0.39, 0.29) is 34.9 Å². The molecule has 0 bridgehead atoms. The zero-order valence-corrected chi connectivity index (χ0v) is 66.2. The van der Waals surface area contributed by atoms with E-state index in [1.165, 1.54) is 86.2 Å². The van der Waals surface area contributed by atoms with Crippen molar-refractivity contribution in [2.24, 2.45) is 11.8 Å². The molecular weight excluding hydrogens is 1430 g/mol. The number of phenolic OH excluding ortho intramolecular Hbond substituents is 1. The Morgan fingerprint density at radius 3 is 1.47 bits per heavy atom. The smallest absolute Gasteiger partial charge is 0.354 e. The molecule has 584 valence electrons. The lowest BCUT2D eigenvalue weighted by Crippen LogP contribution is -2.36. The summed E-state index contributed by atoms with van der Waals surface area (Å²) in [6.07, 6.45) is 4.47. The average Bonchev–Trinajstić information content (AvgIpc) is 1.63. The summed E-state index contributed by atoms with van der Waals surface area (Å²) in [6.45, 7) is 28.1. The number of benzene rings is 6. The number of aromatic nitrogens is 6. The first kappa shape index (κ1) is 82.1.